The first-order valence-electron chi connectivity index (χ1n) is 13.2. The van der Waals surface area contributed by atoms with Crippen LogP contribution in [0.2, 0.25) is 0 Å². The Kier molecular flexibility index (Phi) is 7.40. The van der Waals surface area contributed by atoms with Crippen LogP contribution in [0.1, 0.15) is 55.3 Å². The summed E-state index contributed by atoms with van der Waals surface area (Å²) in [5.74, 6) is 1.37. The molecule has 3 fully saturated rings. The molecule has 2 aromatic rings. The molecule has 0 aromatic heterocycles. The molecule has 5 rings (SSSR count). The minimum absolute atomic E-state index is 0.0166. The lowest BCUT2D eigenvalue weighted by molar-refractivity contribution is 0.00740. The molecule has 1 unspecified atom stereocenters. The number of β-amino-alcohol motifs (C(OH)–C–C–N with tert-alkyl or cyclic N) is 1. The SMILES string of the molecule is O=C(c1ccc(-c2ccc(OCC3CCN(CC4(F)CCC4)CC3)cc2)cc1)N1CCCC(O)C1. The van der Waals surface area contributed by atoms with Gasteiger partial charge in [0.05, 0.1) is 12.7 Å². The van der Waals surface area contributed by atoms with Crippen molar-refractivity contribution in [2.45, 2.75) is 56.7 Å². The average Bonchev–Trinajstić information content (AvgIpc) is 2.87. The Hall–Kier alpha value is -2.44. The monoisotopic (exact) mass is 480 g/mol. The third-order valence-corrected chi connectivity index (χ3v) is 7.95. The number of hydrogen-bond donors (Lipinski definition) is 1. The van der Waals surface area contributed by atoms with Crippen molar-refractivity contribution in [2.75, 3.05) is 39.3 Å². The molecule has 0 bridgehead atoms. The van der Waals surface area contributed by atoms with E-state index in [2.05, 4.69) is 17.0 Å². The summed E-state index contributed by atoms with van der Waals surface area (Å²) in [6.45, 7) is 4.37. The largest absolute Gasteiger partial charge is 0.493 e. The van der Waals surface area contributed by atoms with Crippen molar-refractivity contribution in [2.24, 2.45) is 5.92 Å². The summed E-state index contributed by atoms with van der Waals surface area (Å²) < 4.78 is 20.4. The van der Waals surface area contributed by atoms with Crippen molar-refractivity contribution in [1.29, 1.82) is 0 Å². The van der Waals surface area contributed by atoms with Gasteiger partial charge in [0.15, 0.2) is 0 Å². The fourth-order valence-electron chi connectivity index (χ4n) is 5.52. The molecule has 188 valence electrons. The van der Waals surface area contributed by atoms with Gasteiger partial charge in [0.1, 0.15) is 11.4 Å². The first-order valence-corrected chi connectivity index (χ1v) is 13.2. The Morgan fingerprint density at radius 1 is 0.943 bits per heavy atom. The molecule has 2 aliphatic heterocycles. The van der Waals surface area contributed by atoms with Gasteiger partial charge in [-0.15, -0.1) is 0 Å². The predicted molar refractivity (Wildman–Crippen MR) is 135 cm³/mol. The van der Waals surface area contributed by atoms with Gasteiger partial charge in [-0.25, -0.2) is 4.39 Å². The smallest absolute Gasteiger partial charge is 0.253 e. The van der Waals surface area contributed by atoms with Crippen LogP contribution in [0.15, 0.2) is 48.5 Å². The fourth-order valence-corrected chi connectivity index (χ4v) is 5.52. The molecule has 1 amide bonds. The second-order valence-electron chi connectivity index (χ2n) is 10.7. The van der Waals surface area contributed by atoms with Crippen molar-refractivity contribution >= 4 is 5.91 Å². The molecular weight excluding hydrogens is 443 g/mol. The lowest BCUT2D eigenvalue weighted by Crippen LogP contribution is -2.47. The third-order valence-electron chi connectivity index (χ3n) is 7.95. The van der Waals surface area contributed by atoms with E-state index < -0.39 is 11.8 Å². The summed E-state index contributed by atoms with van der Waals surface area (Å²) >= 11 is 0. The Bertz CT molecular complexity index is 982. The normalized spacial score (nSPS) is 23.0. The number of rotatable bonds is 7. The van der Waals surface area contributed by atoms with Crippen LogP contribution < -0.4 is 4.74 Å². The summed E-state index contributed by atoms with van der Waals surface area (Å²) in [6, 6.07) is 15.8. The summed E-state index contributed by atoms with van der Waals surface area (Å²) in [5, 5.41) is 9.84. The Labute approximate surface area is 207 Å². The molecule has 1 saturated carbocycles. The molecule has 2 aromatic carbocycles. The number of carbonyl (C=O) groups is 1. The Morgan fingerprint density at radius 2 is 1.60 bits per heavy atom. The molecule has 0 spiro atoms. The highest BCUT2D eigenvalue weighted by Crippen LogP contribution is 2.37. The number of aliphatic hydroxyl groups is 1. The average molecular weight is 481 g/mol. The van der Waals surface area contributed by atoms with E-state index in [0.717, 1.165) is 74.9 Å². The van der Waals surface area contributed by atoms with Gasteiger partial charge in [-0.1, -0.05) is 24.3 Å². The van der Waals surface area contributed by atoms with Crippen molar-refractivity contribution in [1.82, 2.24) is 9.80 Å². The van der Waals surface area contributed by atoms with Crippen LogP contribution in [-0.2, 0) is 0 Å². The first-order chi connectivity index (χ1) is 17.0. The van der Waals surface area contributed by atoms with E-state index in [1.807, 2.05) is 36.4 Å². The zero-order valence-electron chi connectivity index (χ0n) is 20.5. The molecule has 5 nitrogen and oxygen atoms in total. The van der Waals surface area contributed by atoms with Crippen molar-refractivity contribution in [3.8, 4) is 16.9 Å². The molecule has 2 saturated heterocycles. The highest BCUT2D eigenvalue weighted by molar-refractivity contribution is 5.94. The summed E-state index contributed by atoms with van der Waals surface area (Å²) in [4.78, 5) is 16.7. The fraction of sp³-hybridized carbons (Fsp3) is 0.552. The minimum Gasteiger partial charge on any atom is -0.493 e. The number of nitrogens with zero attached hydrogens (tertiary/aromatic N) is 2. The number of aliphatic hydroxyl groups excluding tert-OH is 1. The van der Waals surface area contributed by atoms with E-state index >= 15 is 0 Å². The van der Waals surface area contributed by atoms with Crippen LogP contribution in [0.5, 0.6) is 5.75 Å². The predicted octanol–water partition coefficient (Wildman–Crippen LogP) is 4.93. The van der Waals surface area contributed by atoms with E-state index in [-0.39, 0.29) is 5.91 Å². The lowest BCUT2D eigenvalue weighted by Gasteiger charge is -2.41. The second-order valence-corrected chi connectivity index (χ2v) is 10.7. The zero-order chi connectivity index (χ0) is 24.3. The molecular formula is C29H37FN2O3. The van der Waals surface area contributed by atoms with E-state index in [4.69, 9.17) is 4.74 Å². The highest BCUT2D eigenvalue weighted by Gasteiger charge is 2.39. The van der Waals surface area contributed by atoms with Gasteiger partial charge in [-0.3, -0.25) is 4.79 Å². The zero-order valence-corrected chi connectivity index (χ0v) is 20.5. The molecule has 1 aliphatic carbocycles. The second kappa shape index (κ2) is 10.7. The number of ether oxygens (including phenoxy) is 1. The molecule has 2 heterocycles. The van der Waals surface area contributed by atoms with Gasteiger partial charge in [0.25, 0.3) is 5.91 Å². The van der Waals surface area contributed by atoms with E-state index in [9.17, 15) is 14.3 Å². The number of carbonyl (C=O) groups excluding carboxylic acids is 1. The van der Waals surface area contributed by atoms with Crippen molar-refractivity contribution in [3.63, 3.8) is 0 Å². The van der Waals surface area contributed by atoms with E-state index in [0.29, 0.717) is 37.7 Å². The topological polar surface area (TPSA) is 53.0 Å². The molecule has 1 atom stereocenters. The Morgan fingerprint density at radius 3 is 2.20 bits per heavy atom. The molecule has 35 heavy (non-hydrogen) atoms. The number of piperidine rings is 2. The van der Waals surface area contributed by atoms with Gasteiger partial charge >= 0.3 is 0 Å². The van der Waals surface area contributed by atoms with Crippen LogP contribution in [0.4, 0.5) is 4.39 Å². The van der Waals surface area contributed by atoms with Crippen LogP contribution in [0, 0.1) is 5.92 Å². The summed E-state index contributed by atoms with van der Waals surface area (Å²) in [7, 11) is 0. The van der Waals surface area contributed by atoms with Crippen LogP contribution >= 0.6 is 0 Å². The molecule has 3 aliphatic rings. The van der Waals surface area contributed by atoms with E-state index in [1.165, 1.54) is 0 Å². The highest BCUT2D eigenvalue weighted by atomic mass is 19.1. The molecule has 0 radical (unpaired) electrons. The number of benzene rings is 2. The summed E-state index contributed by atoms with van der Waals surface area (Å²) in [6.07, 6.45) is 5.83. The summed E-state index contributed by atoms with van der Waals surface area (Å²) in [5.41, 5.74) is 1.87. The number of halogens is 1. The number of hydrogen-bond acceptors (Lipinski definition) is 4. The van der Waals surface area contributed by atoms with Gasteiger partial charge in [-0.05, 0) is 99.3 Å². The molecule has 6 heteroatoms. The minimum atomic E-state index is -0.919. The lowest BCUT2D eigenvalue weighted by atomic mass is 9.81. The quantitative estimate of drug-likeness (QED) is 0.610. The van der Waals surface area contributed by atoms with Crippen molar-refractivity contribution < 1.29 is 19.0 Å². The standard InChI is InChI=1S/C29H37FN2O3/c30-29(14-2-15-29)21-31-17-12-22(13-18-31)20-35-27-10-8-24(9-11-27)23-4-6-25(7-5-23)28(34)32-16-1-3-26(33)19-32/h4-11,22,26,33H,1-3,12-21H2. The van der Waals surface area contributed by atoms with Crippen LogP contribution in [0.25, 0.3) is 11.1 Å². The van der Waals surface area contributed by atoms with Crippen LogP contribution in [0.3, 0.4) is 0 Å². The number of likely N-dealkylation sites (tertiary alicyclic amines) is 2. The van der Waals surface area contributed by atoms with Gasteiger partial charge in [-0.2, -0.15) is 0 Å². The Balaban J connectivity index is 1.09. The number of amides is 1. The number of alkyl halides is 1. The van der Waals surface area contributed by atoms with Gasteiger partial charge < -0.3 is 19.6 Å². The maximum absolute atomic E-state index is 14.4. The van der Waals surface area contributed by atoms with Crippen LogP contribution in [-0.4, -0.2) is 71.9 Å². The maximum atomic E-state index is 14.4. The van der Waals surface area contributed by atoms with Crippen molar-refractivity contribution in [3.05, 3.63) is 54.1 Å². The maximum Gasteiger partial charge on any atom is 0.253 e. The third kappa shape index (κ3) is 6.04. The van der Waals surface area contributed by atoms with Gasteiger partial charge in [0.2, 0.25) is 0 Å². The van der Waals surface area contributed by atoms with Gasteiger partial charge in [0, 0.05) is 25.2 Å². The van der Waals surface area contributed by atoms with E-state index in [1.54, 1.807) is 4.90 Å². The first kappa shape index (κ1) is 24.3. The molecule has 1 N–H and O–H groups in total.